The van der Waals surface area contributed by atoms with Gasteiger partial charge in [-0.05, 0) is 32.1 Å². The van der Waals surface area contributed by atoms with E-state index in [9.17, 15) is 9.59 Å². The Labute approximate surface area is 130 Å². The van der Waals surface area contributed by atoms with E-state index in [2.05, 4.69) is 20.7 Å². The Morgan fingerprint density at radius 1 is 1.45 bits per heavy atom. The van der Waals surface area contributed by atoms with Crippen LogP contribution in [0.15, 0.2) is 35.6 Å². The van der Waals surface area contributed by atoms with Crippen molar-refractivity contribution in [2.24, 2.45) is 5.10 Å². The average molecular weight is 303 g/mol. The number of hydrogen-bond acceptors (Lipinski definition) is 5. The maximum Gasteiger partial charge on any atom is 0.241 e. The number of aromatic nitrogens is 1. The zero-order valence-corrected chi connectivity index (χ0v) is 13.0. The number of likely N-dealkylation sites (N-methyl/N-ethyl adjacent to an activating group) is 1. The summed E-state index contributed by atoms with van der Waals surface area (Å²) in [4.78, 5) is 26.9. The molecule has 0 spiro atoms. The van der Waals surface area contributed by atoms with Crippen molar-refractivity contribution >= 4 is 23.8 Å². The Bertz CT molecular complexity index is 552. The summed E-state index contributed by atoms with van der Waals surface area (Å²) in [5.74, 6) is 0.472. The van der Waals surface area contributed by atoms with E-state index in [4.69, 9.17) is 0 Å². The smallest absolute Gasteiger partial charge is 0.241 e. The lowest BCUT2D eigenvalue weighted by molar-refractivity contribution is -0.127. The standard InChI is InChI=1S/C15H21N5O2/c1-4-6-13(12-7-8-14(16-3)18-9-12)19-20(11-21)10-15(22)17-5-2/h4,6-9,11H,5,10H2,1-3H3,(H,16,18)(H,17,22)/b6-4-,19-13+. The molecule has 0 saturated heterocycles. The molecule has 1 aromatic rings. The zero-order chi connectivity index (χ0) is 16.4. The van der Waals surface area contributed by atoms with Gasteiger partial charge in [0.15, 0.2) is 0 Å². The van der Waals surface area contributed by atoms with Gasteiger partial charge in [-0.1, -0.05) is 6.08 Å². The highest BCUT2D eigenvalue weighted by Crippen LogP contribution is 2.07. The van der Waals surface area contributed by atoms with Gasteiger partial charge in [-0.3, -0.25) is 9.59 Å². The molecule has 0 bridgehead atoms. The van der Waals surface area contributed by atoms with Crippen molar-refractivity contribution in [2.45, 2.75) is 13.8 Å². The maximum absolute atomic E-state index is 11.6. The molecule has 0 aromatic carbocycles. The number of carbonyl (C=O) groups is 2. The first-order valence-electron chi connectivity index (χ1n) is 6.98. The van der Waals surface area contributed by atoms with Crippen LogP contribution in [0.3, 0.4) is 0 Å². The van der Waals surface area contributed by atoms with Crippen LogP contribution in [0.25, 0.3) is 0 Å². The summed E-state index contributed by atoms with van der Waals surface area (Å²) in [5.41, 5.74) is 1.30. The van der Waals surface area contributed by atoms with Gasteiger partial charge < -0.3 is 10.6 Å². The van der Waals surface area contributed by atoms with Crippen molar-refractivity contribution in [3.63, 3.8) is 0 Å². The van der Waals surface area contributed by atoms with Crippen LogP contribution in [-0.4, -0.2) is 48.2 Å². The van der Waals surface area contributed by atoms with Crippen molar-refractivity contribution in [3.8, 4) is 0 Å². The van der Waals surface area contributed by atoms with Crippen LogP contribution < -0.4 is 10.6 Å². The average Bonchev–Trinajstić information content (AvgIpc) is 2.54. The molecule has 0 unspecified atom stereocenters. The summed E-state index contributed by atoms with van der Waals surface area (Å²) in [7, 11) is 1.78. The van der Waals surface area contributed by atoms with E-state index in [1.807, 2.05) is 26.0 Å². The van der Waals surface area contributed by atoms with Crippen LogP contribution in [0.1, 0.15) is 19.4 Å². The molecule has 22 heavy (non-hydrogen) atoms. The van der Waals surface area contributed by atoms with Crippen LogP contribution in [0.4, 0.5) is 5.82 Å². The molecule has 0 saturated carbocycles. The lowest BCUT2D eigenvalue weighted by atomic mass is 10.1. The van der Waals surface area contributed by atoms with Crippen molar-refractivity contribution in [2.75, 3.05) is 25.5 Å². The van der Waals surface area contributed by atoms with Gasteiger partial charge in [0, 0.05) is 25.4 Å². The van der Waals surface area contributed by atoms with Gasteiger partial charge in [-0.2, -0.15) is 5.10 Å². The number of amides is 2. The molecule has 2 amide bonds. The second-order valence-corrected chi connectivity index (χ2v) is 4.32. The van der Waals surface area contributed by atoms with Crippen LogP contribution in [-0.2, 0) is 9.59 Å². The predicted octanol–water partition coefficient (Wildman–Crippen LogP) is 0.998. The molecular formula is C15H21N5O2. The van der Waals surface area contributed by atoms with E-state index in [1.54, 1.807) is 25.4 Å². The largest absolute Gasteiger partial charge is 0.373 e. The van der Waals surface area contributed by atoms with Gasteiger partial charge in [0.2, 0.25) is 12.3 Å². The molecule has 118 valence electrons. The summed E-state index contributed by atoms with van der Waals surface area (Å²) >= 11 is 0. The first-order valence-corrected chi connectivity index (χ1v) is 6.98. The number of nitrogens with one attached hydrogen (secondary N) is 2. The van der Waals surface area contributed by atoms with E-state index in [-0.39, 0.29) is 12.5 Å². The number of rotatable bonds is 8. The molecule has 0 radical (unpaired) electrons. The lowest BCUT2D eigenvalue weighted by Gasteiger charge is -2.12. The fourth-order valence-electron chi connectivity index (χ4n) is 1.67. The van der Waals surface area contributed by atoms with Gasteiger partial charge in [-0.25, -0.2) is 9.99 Å². The van der Waals surface area contributed by atoms with E-state index in [0.29, 0.717) is 18.7 Å². The van der Waals surface area contributed by atoms with Crippen molar-refractivity contribution < 1.29 is 9.59 Å². The van der Waals surface area contributed by atoms with Crippen LogP contribution in [0.5, 0.6) is 0 Å². The number of pyridine rings is 1. The lowest BCUT2D eigenvalue weighted by Crippen LogP contribution is -2.34. The third-order valence-corrected chi connectivity index (χ3v) is 2.68. The van der Waals surface area contributed by atoms with E-state index in [1.165, 1.54) is 0 Å². The zero-order valence-electron chi connectivity index (χ0n) is 13.0. The van der Waals surface area contributed by atoms with Crippen molar-refractivity contribution in [3.05, 3.63) is 36.0 Å². The topological polar surface area (TPSA) is 86.7 Å². The highest BCUT2D eigenvalue weighted by atomic mass is 16.2. The Morgan fingerprint density at radius 3 is 2.73 bits per heavy atom. The molecule has 0 aliphatic carbocycles. The summed E-state index contributed by atoms with van der Waals surface area (Å²) < 4.78 is 0. The highest BCUT2D eigenvalue weighted by Gasteiger charge is 2.09. The fraction of sp³-hybridized carbons (Fsp3) is 0.333. The fourth-order valence-corrected chi connectivity index (χ4v) is 1.67. The first-order chi connectivity index (χ1) is 10.6. The molecule has 0 atom stereocenters. The molecule has 1 rings (SSSR count). The minimum atomic E-state index is -0.262. The van der Waals surface area contributed by atoms with E-state index >= 15 is 0 Å². The molecule has 2 N–H and O–H groups in total. The van der Waals surface area contributed by atoms with Gasteiger partial charge >= 0.3 is 0 Å². The number of allylic oxidation sites excluding steroid dienone is 2. The molecule has 7 nitrogen and oxygen atoms in total. The Kier molecular flexibility index (Phi) is 7.32. The molecule has 0 fully saturated rings. The number of nitrogens with zero attached hydrogens (tertiary/aromatic N) is 3. The quantitative estimate of drug-likeness (QED) is 0.426. The van der Waals surface area contributed by atoms with Crippen LogP contribution in [0.2, 0.25) is 0 Å². The Morgan fingerprint density at radius 2 is 2.23 bits per heavy atom. The third kappa shape index (κ3) is 5.35. The number of hydrazone groups is 1. The van der Waals surface area contributed by atoms with Gasteiger partial charge in [0.1, 0.15) is 12.4 Å². The van der Waals surface area contributed by atoms with Crippen molar-refractivity contribution in [1.29, 1.82) is 0 Å². The Balaban J connectivity index is 2.99. The normalized spacial score (nSPS) is 11.3. The molecule has 0 aliphatic rings. The summed E-state index contributed by atoms with van der Waals surface area (Å²) in [6.45, 7) is 4.04. The van der Waals surface area contributed by atoms with Crippen LogP contribution >= 0.6 is 0 Å². The second kappa shape index (κ2) is 9.28. The predicted molar refractivity (Wildman–Crippen MR) is 86.6 cm³/mol. The summed E-state index contributed by atoms with van der Waals surface area (Å²) in [6.07, 6.45) is 5.73. The van der Waals surface area contributed by atoms with Gasteiger partial charge in [0.25, 0.3) is 0 Å². The summed E-state index contributed by atoms with van der Waals surface area (Å²) in [6, 6.07) is 3.65. The molecule has 1 heterocycles. The third-order valence-electron chi connectivity index (χ3n) is 2.68. The molecule has 1 aromatic heterocycles. The number of carbonyl (C=O) groups excluding carboxylic acids is 2. The summed E-state index contributed by atoms with van der Waals surface area (Å²) in [5, 5.41) is 10.8. The monoisotopic (exact) mass is 303 g/mol. The molecule has 0 aliphatic heterocycles. The first kappa shape index (κ1) is 17.4. The minimum Gasteiger partial charge on any atom is -0.373 e. The maximum atomic E-state index is 11.6. The SMILES string of the molecule is C/C=C\C(=N/N(C=O)CC(=O)NCC)c1ccc(NC)nc1. The van der Waals surface area contributed by atoms with Gasteiger partial charge in [-0.15, -0.1) is 0 Å². The van der Waals surface area contributed by atoms with E-state index < -0.39 is 0 Å². The molecular weight excluding hydrogens is 282 g/mol. The molecule has 7 heteroatoms. The Hall–Kier alpha value is -2.70. The second-order valence-electron chi connectivity index (χ2n) is 4.32. The number of anilines is 1. The van der Waals surface area contributed by atoms with Gasteiger partial charge in [0.05, 0.1) is 5.71 Å². The highest BCUT2D eigenvalue weighted by molar-refractivity contribution is 6.08. The van der Waals surface area contributed by atoms with Crippen LogP contribution in [0, 0.1) is 0 Å². The minimum absolute atomic E-state index is 0.125. The van der Waals surface area contributed by atoms with Crippen molar-refractivity contribution in [1.82, 2.24) is 15.3 Å². The number of hydrogen-bond donors (Lipinski definition) is 2. The van der Waals surface area contributed by atoms with E-state index in [0.717, 1.165) is 16.4 Å².